The Labute approximate surface area is 155 Å². The number of carbonyl (C=O) groups is 3. The number of nitrogens with one attached hydrogen (secondary N) is 2. The van der Waals surface area contributed by atoms with Crippen LogP contribution in [-0.4, -0.2) is 29.8 Å². The Kier molecular flexibility index (Phi) is 7.81. The van der Waals surface area contributed by atoms with Crippen LogP contribution < -0.4 is 16.4 Å². The number of halogens is 3. The number of benzene rings is 1. The predicted molar refractivity (Wildman–Crippen MR) is 93.3 cm³/mol. The largest absolute Gasteiger partial charge is 0.416 e. The molecular weight excluding hydrogens is 363 g/mol. The van der Waals surface area contributed by atoms with Crippen LogP contribution in [0.1, 0.15) is 38.3 Å². The summed E-state index contributed by atoms with van der Waals surface area (Å²) >= 11 is 0. The smallest absolute Gasteiger partial charge is 0.368 e. The van der Waals surface area contributed by atoms with Gasteiger partial charge in [-0.25, -0.2) is 0 Å². The van der Waals surface area contributed by atoms with Crippen molar-refractivity contribution in [2.75, 3.05) is 0 Å². The molecule has 3 amide bonds. The van der Waals surface area contributed by atoms with Crippen LogP contribution in [0.15, 0.2) is 24.3 Å². The van der Waals surface area contributed by atoms with Crippen molar-refractivity contribution in [1.29, 1.82) is 0 Å². The molecule has 0 saturated heterocycles. The first kappa shape index (κ1) is 22.5. The second-order valence-corrected chi connectivity index (χ2v) is 6.71. The Morgan fingerprint density at radius 3 is 2.15 bits per heavy atom. The van der Waals surface area contributed by atoms with E-state index >= 15 is 0 Å². The van der Waals surface area contributed by atoms with E-state index in [2.05, 4.69) is 10.6 Å². The van der Waals surface area contributed by atoms with E-state index in [9.17, 15) is 27.6 Å². The molecule has 2 atom stereocenters. The Morgan fingerprint density at radius 1 is 1.07 bits per heavy atom. The fourth-order valence-corrected chi connectivity index (χ4v) is 2.64. The van der Waals surface area contributed by atoms with Crippen molar-refractivity contribution in [3.8, 4) is 0 Å². The van der Waals surface area contributed by atoms with Gasteiger partial charge in [0.15, 0.2) is 0 Å². The molecule has 27 heavy (non-hydrogen) atoms. The summed E-state index contributed by atoms with van der Waals surface area (Å²) in [4.78, 5) is 35.4. The van der Waals surface area contributed by atoms with Crippen LogP contribution in [0.25, 0.3) is 0 Å². The maximum atomic E-state index is 13.1. The Balaban J connectivity index is 3.02. The van der Waals surface area contributed by atoms with Gasteiger partial charge in [0, 0.05) is 13.3 Å². The molecule has 0 heterocycles. The molecule has 0 bridgehead atoms. The third-order valence-corrected chi connectivity index (χ3v) is 3.81. The van der Waals surface area contributed by atoms with Crippen LogP contribution in [0, 0.1) is 5.92 Å². The minimum absolute atomic E-state index is 0.0607. The van der Waals surface area contributed by atoms with Crippen molar-refractivity contribution in [3.05, 3.63) is 35.4 Å². The summed E-state index contributed by atoms with van der Waals surface area (Å²) in [7, 11) is 0. The lowest BCUT2D eigenvalue weighted by atomic mass is 9.98. The Morgan fingerprint density at radius 2 is 1.67 bits per heavy atom. The van der Waals surface area contributed by atoms with Crippen molar-refractivity contribution in [2.45, 2.75) is 51.9 Å². The molecule has 1 rings (SSSR count). The zero-order chi connectivity index (χ0) is 20.8. The molecule has 0 radical (unpaired) electrons. The molecule has 1 aromatic carbocycles. The molecule has 0 aliphatic carbocycles. The molecule has 150 valence electrons. The van der Waals surface area contributed by atoms with Crippen LogP contribution in [-0.2, 0) is 27.0 Å². The molecular formula is C18H24F3N3O3. The summed E-state index contributed by atoms with van der Waals surface area (Å²) in [5, 5.41) is 4.83. The summed E-state index contributed by atoms with van der Waals surface area (Å²) in [5.41, 5.74) is 4.22. The zero-order valence-corrected chi connectivity index (χ0v) is 15.4. The van der Waals surface area contributed by atoms with Gasteiger partial charge in [-0.05, 0) is 24.0 Å². The molecule has 4 N–H and O–H groups in total. The minimum atomic E-state index is -4.60. The molecule has 0 saturated carbocycles. The summed E-state index contributed by atoms with van der Waals surface area (Å²) in [5.74, 6) is -2.02. The van der Waals surface area contributed by atoms with E-state index in [0.29, 0.717) is 6.42 Å². The standard InChI is InChI=1S/C18H24F3N3O3/c1-10(2)8-15(23-11(3)25)17(27)24-14(16(22)26)9-12-6-4-5-7-13(12)18(19,20)21/h4-7,10,14-15H,8-9H2,1-3H3,(H2,22,26)(H,23,25)(H,24,27)/t14-,15-/m0/s1. The van der Waals surface area contributed by atoms with E-state index < -0.39 is 48.0 Å². The van der Waals surface area contributed by atoms with Crippen LogP contribution >= 0.6 is 0 Å². The normalized spacial score (nSPS) is 13.7. The van der Waals surface area contributed by atoms with E-state index in [-0.39, 0.29) is 11.5 Å². The predicted octanol–water partition coefficient (Wildman–Crippen LogP) is 1.77. The number of alkyl halides is 3. The number of hydrogen-bond acceptors (Lipinski definition) is 3. The molecule has 0 aliphatic heterocycles. The fraction of sp³-hybridized carbons (Fsp3) is 0.500. The maximum Gasteiger partial charge on any atom is 0.416 e. The van der Waals surface area contributed by atoms with Crippen molar-refractivity contribution in [2.24, 2.45) is 11.7 Å². The van der Waals surface area contributed by atoms with Crippen LogP contribution in [0.5, 0.6) is 0 Å². The van der Waals surface area contributed by atoms with Gasteiger partial charge in [-0.3, -0.25) is 14.4 Å². The molecule has 0 fully saturated rings. The van der Waals surface area contributed by atoms with Gasteiger partial charge < -0.3 is 16.4 Å². The van der Waals surface area contributed by atoms with Gasteiger partial charge in [0.05, 0.1) is 5.56 Å². The lowest BCUT2D eigenvalue weighted by Gasteiger charge is -2.23. The number of hydrogen-bond donors (Lipinski definition) is 3. The lowest BCUT2D eigenvalue weighted by Crippen LogP contribution is -2.53. The average Bonchev–Trinajstić information content (AvgIpc) is 2.52. The SMILES string of the molecule is CC(=O)N[C@@H](CC(C)C)C(=O)N[C@@H](Cc1ccccc1C(F)(F)F)C(N)=O. The van der Waals surface area contributed by atoms with Crippen molar-refractivity contribution < 1.29 is 27.6 Å². The molecule has 1 aromatic rings. The van der Waals surface area contributed by atoms with Gasteiger partial charge in [0.1, 0.15) is 12.1 Å². The third kappa shape index (κ3) is 7.28. The third-order valence-electron chi connectivity index (χ3n) is 3.81. The summed E-state index contributed by atoms with van der Waals surface area (Å²) < 4.78 is 39.4. The highest BCUT2D eigenvalue weighted by Gasteiger charge is 2.34. The average molecular weight is 387 g/mol. The number of nitrogens with two attached hydrogens (primary N) is 1. The van der Waals surface area contributed by atoms with Crippen LogP contribution in [0.2, 0.25) is 0 Å². The van der Waals surface area contributed by atoms with Crippen molar-refractivity contribution in [3.63, 3.8) is 0 Å². The number of carbonyl (C=O) groups excluding carboxylic acids is 3. The topological polar surface area (TPSA) is 101 Å². The second kappa shape index (κ2) is 9.38. The number of rotatable bonds is 8. The van der Waals surface area contributed by atoms with Gasteiger partial charge in [-0.1, -0.05) is 32.0 Å². The molecule has 0 aliphatic rings. The monoisotopic (exact) mass is 387 g/mol. The molecule has 0 aromatic heterocycles. The van der Waals surface area contributed by atoms with Crippen LogP contribution in [0.4, 0.5) is 13.2 Å². The maximum absolute atomic E-state index is 13.1. The first-order valence-electron chi connectivity index (χ1n) is 8.43. The summed E-state index contributed by atoms with van der Waals surface area (Å²) in [6.45, 7) is 4.92. The van der Waals surface area contributed by atoms with Crippen molar-refractivity contribution in [1.82, 2.24) is 10.6 Å². The quantitative estimate of drug-likeness (QED) is 0.634. The summed E-state index contributed by atoms with van der Waals surface area (Å²) in [6.07, 6.45) is -4.71. The number of amides is 3. The van der Waals surface area contributed by atoms with E-state index in [4.69, 9.17) is 5.73 Å². The van der Waals surface area contributed by atoms with Gasteiger partial charge in [0.2, 0.25) is 17.7 Å². The van der Waals surface area contributed by atoms with E-state index in [1.165, 1.54) is 25.1 Å². The molecule has 0 spiro atoms. The summed E-state index contributed by atoms with van der Waals surface area (Å²) in [6, 6.07) is 2.51. The second-order valence-electron chi connectivity index (χ2n) is 6.71. The van der Waals surface area contributed by atoms with Crippen LogP contribution in [0.3, 0.4) is 0 Å². The molecule has 9 heteroatoms. The first-order valence-corrected chi connectivity index (χ1v) is 8.43. The highest BCUT2D eigenvalue weighted by molar-refractivity contribution is 5.91. The van der Waals surface area contributed by atoms with Gasteiger partial charge in [-0.2, -0.15) is 13.2 Å². The van der Waals surface area contributed by atoms with Gasteiger partial charge >= 0.3 is 6.18 Å². The minimum Gasteiger partial charge on any atom is -0.368 e. The lowest BCUT2D eigenvalue weighted by molar-refractivity contribution is -0.138. The highest BCUT2D eigenvalue weighted by atomic mass is 19.4. The van der Waals surface area contributed by atoms with Gasteiger partial charge in [-0.15, -0.1) is 0 Å². The van der Waals surface area contributed by atoms with E-state index in [1.54, 1.807) is 0 Å². The first-order chi connectivity index (χ1) is 12.4. The van der Waals surface area contributed by atoms with Gasteiger partial charge in [0.25, 0.3) is 0 Å². The molecule has 6 nitrogen and oxygen atoms in total. The highest BCUT2D eigenvalue weighted by Crippen LogP contribution is 2.32. The van der Waals surface area contributed by atoms with Crippen molar-refractivity contribution >= 4 is 17.7 Å². The van der Waals surface area contributed by atoms with E-state index in [0.717, 1.165) is 6.07 Å². The number of primary amides is 1. The Hall–Kier alpha value is -2.58. The van der Waals surface area contributed by atoms with E-state index in [1.807, 2.05) is 13.8 Å². The molecule has 0 unspecified atom stereocenters. The fourth-order valence-electron chi connectivity index (χ4n) is 2.64. The Bertz CT molecular complexity index is 690. The zero-order valence-electron chi connectivity index (χ0n) is 15.4.